The van der Waals surface area contributed by atoms with E-state index in [1.54, 1.807) is 17.4 Å². The number of amides is 1. The molecule has 4 rings (SSSR count). The highest BCUT2D eigenvalue weighted by Gasteiger charge is 2.31. The summed E-state index contributed by atoms with van der Waals surface area (Å²) in [6.45, 7) is 0.555. The second-order valence-electron chi connectivity index (χ2n) is 5.63. The zero-order valence-corrected chi connectivity index (χ0v) is 16.1. The standard InChI is InChI=1S/C18H14IN3O2S/c19-13-5-6-17-15(11-13)22(14-3-1-2-4-16(14)25(17)24)18(23)7-9-21-10-8-20-12-21/h1-6,8,10-12H,7,9H2. The van der Waals surface area contributed by atoms with Crippen molar-refractivity contribution in [3.05, 3.63) is 64.8 Å². The monoisotopic (exact) mass is 463 g/mol. The molecule has 0 spiro atoms. The van der Waals surface area contributed by atoms with Gasteiger partial charge in [-0.25, -0.2) is 9.19 Å². The van der Waals surface area contributed by atoms with Crippen LogP contribution in [0.5, 0.6) is 0 Å². The minimum atomic E-state index is -1.28. The number of para-hydroxylation sites is 1. The lowest BCUT2D eigenvalue weighted by atomic mass is 10.2. The van der Waals surface area contributed by atoms with Crippen LogP contribution in [0.3, 0.4) is 0 Å². The lowest BCUT2D eigenvalue weighted by Crippen LogP contribution is -2.31. The Hall–Kier alpha value is -2.00. The summed E-state index contributed by atoms with van der Waals surface area (Å²) in [7, 11) is -1.28. The van der Waals surface area contributed by atoms with E-state index in [4.69, 9.17) is 0 Å². The first-order chi connectivity index (χ1) is 12.1. The third-order valence-electron chi connectivity index (χ3n) is 4.06. The maximum atomic E-state index is 13.0. The van der Waals surface area contributed by atoms with Crippen molar-refractivity contribution in [1.29, 1.82) is 0 Å². The van der Waals surface area contributed by atoms with Crippen LogP contribution in [0.15, 0.2) is 71.0 Å². The fourth-order valence-electron chi connectivity index (χ4n) is 2.89. The number of aromatic nitrogens is 2. The summed E-state index contributed by atoms with van der Waals surface area (Å²) in [5, 5.41) is 0. The number of halogens is 1. The molecule has 5 nitrogen and oxygen atoms in total. The number of imidazole rings is 1. The topological polar surface area (TPSA) is 55.2 Å². The van der Waals surface area contributed by atoms with Gasteiger partial charge in [-0.05, 0) is 52.9 Å². The van der Waals surface area contributed by atoms with E-state index in [0.29, 0.717) is 34.1 Å². The van der Waals surface area contributed by atoms with E-state index in [1.165, 1.54) is 0 Å². The smallest absolute Gasteiger partial charge is 0.233 e. The second kappa shape index (κ2) is 6.72. The first kappa shape index (κ1) is 16.5. The van der Waals surface area contributed by atoms with Crippen molar-refractivity contribution in [3.8, 4) is 0 Å². The van der Waals surface area contributed by atoms with E-state index < -0.39 is 10.8 Å². The molecule has 126 valence electrons. The van der Waals surface area contributed by atoms with Gasteiger partial charge >= 0.3 is 0 Å². The molecule has 1 aromatic heterocycles. The van der Waals surface area contributed by atoms with E-state index in [2.05, 4.69) is 27.6 Å². The van der Waals surface area contributed by atoms with Gasteiger partial charge in [-0.2, -0.15) is 0 Å². The number of hydrogen-bond acceptors (Lipinski definition) is 3. The third kappa shape index (κ3) is 3.02. The van der Waals surface area contributed by atoms with Crippen LogP contribution in [0.4, 0.5) is 11.4 Å². The van der Waals surface area contributed by atoms with Crippen molar-refractivity contribution in [1.82, 2.24) is 9.55 Å². The summed E-state index contributed by atoms with van der Waals surface area (Å²) < 4.78 is 15.8. The molecule has 0 saturated carbocycles. The van der Waals surface area contributed by atoms with Gasteiger partial charge in [0, 0.05) is 28.9 Å². The Kier molecular flexibility index (Phi) is 4.43. The van der Waals surface area contributed by atoms with Crippen LogP contribution in [0, 0.1) is 3.57 Å². The fourth-order valence-corrected chi connectivity index (χ4v) is 4.69. The molecule has 0 aliphatic carbocycles. The third-order valence-corrected chi connectivity index (χ3v) is 6.22. The van der Waals surface area contributed by atoms with Gasteiger partial charge in [0.15, 0.2) is 0 Å². The summed E-state index contributed by atoms with van der Waals surface area (Å²) in [6, 6.07) is 13.1. The summed E-state index contributed by atoms with van der Waals surface area (Å²) in [5.74, 6) is -0.0268. The zero-order chi connectivity index (χ0) is 17.4. The molecular formula is C18H14IN3O2S. The number of anilines is 2. The lowest BCUT2D eigenvalue weighted by molar-refractivity contribution is -0.118. The van der Waals surface area contributed by atoms with Crippen LogP contribution >= 0.6 is 22.6 Å². The number of nitrogens with zero attached hydrogens (tertiary/aromatic N) is 3. The maximum Gasteiger partial charge on any atom is 0.233 e. The zero-order valence-electron chi connectivity index (χ0n) is 13.1. The molecule has 1 aliphatic rings. The Morgan fingerprint density at radius 2 is 1.92 bits per heavy atom. The van der Waals surface area contributed by atoms with Crippen molar-refractivity contribution in [3.63, 3.8) is 0 Å². The van der Waals surface area contributed by atoms with Crippen LogP contribution in [0.25, 0.3) is 0 Å². The highest BCUT2D eigenvalue weighted by atomic mass is 127. The van der Waals surface area contributed by atoms with Crippen LogP contribution < -0.4 is 4.90 Å². The van der Waals surface area contributed by atoms with Gasteiger partial charge in [-0.1, -0.05) is 12.1 Å². The lowest BCUT2D eigenvalue weighted by Gasteiger charge is -2.31. The van der Waals surface area contributed by atoms with Crippen LogP contribution in [-0.2, 0) is 22.1 Å². The second-order valence-corrected chi connectivity index (χ2v) is 8.29. The highest BCUT2D eigenvalue weighted by Crippen LogP contribution is 2.42. The highest BCUT2D eigenvalue weighted by molar-refractivity contribution is 14.1. The number of fused-ring (bicyclic) bond motifs is 2. The van der Waals surface area contributed by atoms with Crippen LogP contribution in [-0.4, -0.2) is 19.7 Å². The molecule has 0 radical (unpaired) electrons. The first-order valence-corrected chi connectivity index (χ1v) is 9.97. The molecule has 0 saturated heterocycles. The van der Waals surface area contributed by atoms with Crippen molar-refractivity contribution in [2.45, 2.75) is 22.8 Å². The Morgan fingerprint density at radius 3 is 2.72 bits per heavy atom. The number of carbonyl (C=O) groups is 1. The quantitative estimate of drug-likeness (QED) is 0.557. The molecule has 0 fully saturated rings. The average molecular weight is 463 g/mol. The first-order valence-electron chi connectivity index (χ1n) is 7.74. The number of benzene rings is 2. The molecule has 7 heteroatoms. The summed E-state index contributed by atoms with van der Waals surface area (Å²) >= 11 is 2.21. The van der Waals surface area contributed by atoms with Crippen LogP contribution in [0.2, 0.25) is 0 Å². The number of rotatable bonds is 3. The molecule has 25 heavy (non-hydrogen) atoms. The van der Waals surface area contributed by atoms with Gasteiger partial charge in [0.2, 0.25) is 5.91 Å². The summed E-state index contributed by atoms with van der Waals surface area (Å²) in [4.78, 5) is 20.1. The Balaban J connectivity index is 1.76. The average Bonchev–Trinajstić information content (AvgIpc) is 3.13. The Labute approximate surface area is 161 Å². The number of hydrogen-bond donors (Lipinski definition) is 0. The minimum Gasteiger partial charge on any atom is -0.337 e. The van der Waals surface area contributed by atoms with Crippen molar-refractivity contribution >= 4 is 50.7 Å². The molecule has 1 amide bonds. The van der Waals surface area contributed by atoms with E-state index >= 15 is 0 Å². The van der Waals surface area contributed by atoms with E-state index in [0.717, 1.165) is 3.57 Å². The fraction of sp³-hybridized carbons (Fsp3) is 0.111. The molecule has 1 atom stereocenters. The van der Waals surface area contributed by atoms with Gasteiger partial charge in [0.05, 0.1) is 38.3 Å². The SMILES string of the molecule is O=C(CCn1ccnc1)N1c2ccccc2S(=O)c2ccc(I)cc21. The van der Waals surface area contributed by atoms with E-state index in [9.17, 15) is 9.00 Å². The van der Waals surface area contributed by atoms with Gasteiger partial charge in [-0.3, -0.25) is 9.69 Å². The minimum absolute atomic E-state index is 0.0268. The van der Waals surface area contributed by atoms with Gasteiger partial charge in [-0.15, -0.1) is 0 Å². The Bertz CT molecular complexity index is 972. The Morgan fingerprint density at radius 1 is 1.12 bits per heavy atom. The predicted octanol–water partition coefficient (Wildman–Crippen LogP) is 3.72. The molecule has 0 bridgehead atoms. The maximum absolute atomic E-state index is 13.0. The predicted molar refractivity (Wildman–Crippen MR) is 104 cm³/mol. The molecule has 3 aromatic rings. The largest absolute Gasteiger partial charge is 0.337 e. The van der Waals surface area contributed by atoms with E-state index in [1.807, 2.05) is 53.2 Å². The van der Waals surface area contributed by atoms with Crippen molar-refractivity contribution in [2.75, 3.05) is 4.90 Å². The van der Waals surface area contributed by atoms with Crippen LogP contribution in [0.1, 0.15) is 6.42 Å². The van der Waals surface area contributed by atoms with E-state index in [-0.39, 0.29) is 5.91 Å². The van der Waals surface area contributed by atoms with Crippen molar-refractivity contribution < 1.29 is 9.00 Å². The molecular weight excluding hydrogens is 449 g/mol. The van der Waals surface area contributed by atoms with Crippen molar-refractivity contribution in [2.24, 2.45) is 0 Å². The normalized spacial score (nSPS) is 15.6. The molecule has 0 N–H and O–H groups in total. The summed E-state index contributed by atoms with van der Waals surface area (Å²) in [5.41, 5.74) is 1.41. The van der Waals surface area contributed by atoms with Gasteiger partial charge < -0.3 is 4.57 Å². The summed E-state index contributed by atoms with van der Waals surface area (Å²) in [6.07, 6.45) is 5.57. The number of aryl methyl sites for hydroxylation is 1. The molecule has 1 aliphatic heterocycles. The molecule has 2 heterocycles. The van der Waals surface area contributed by atoms with Gasteiger partial charge in [0.25, 0.3) is 0 Å². The van der Waals surface area contributed by atoms with Gasteiger partial charge in [0.1, 0.15) is 0 Å². The number of carbonyl (C=O) groups excluding carboxylic acids is 1. The molecule has 1 unspecified atom stereocenters. The molecule has 2 aromatic carbocycles.